The van der Waals surface area contributed by atoms with Crippen LogP contribution >= 0.6 is 0 Å². The van der Waals surface area contributed by atoms with Crippen LogP contribution in [-0.2, 0) is 6.42 Å². The molecular formula is C16H17N. The summed E-state index contributed by atoms with van der Waals surface area (Å²) in [5.74, 6) is 0. The maximum absolute atomic E-state index is 4.59. The molecule has 1 heteroatoms. The molecule has 0 radical (unpaired) electrons. The molecule has 2 aromatic rings. The number of hydrogen-bond donors (Lipinski definition) is 0. The quantitative estimate of drug-likeness (QED) is 0.563. The van der Waals surface area contributed by atoms with Gasteiger partial charge in [0.15, 0.2) is 0 Å². The zero-order valence-corrected chi connectivity index (χ0v) is 10.9. The van der Waals surface area contributed by atoms with Crippen molar-refractivity contribution in [2.75, 3.05) is 0 Å². The van der Waals surface area contributed by atoms with Crippen molar-refractivity contribution in [3.8, 4) is 11.1 Å². The van der Waals surface area contributed by atoms with Crippen molar-refractivity contribution in [3.63, 3.8) is 0 Å². The molecule has 1 aliphatic carbocycles. The SMILES string of the molecule is Cc1cnc2c(c1)-c1c(C)cc(C)c(C)c1C2. The summed E-state index contributed by atoms with van der Waals surface area (Å²) >= 11 is 0. The first-order chi connectivity index (χ1) is 8.08. The molecule has 1 aromatic carbocycles. The predicted molar refractivity (Wildman–Crippen MR) is 71.4 cm³/mol. The fourth-order valence-corrected chi connectivity index (χ4v) is 2.89. The maximum Gasteiger partial charge on any atom is 0.0526 e. The third kappa shape index (κ3) is 1.42. The van der Waals surface area contributed by atoms with Gasteiger partial charge < -0.3 is 0 Å². The summed E-state index contributed by atoms with van der Waals surface area (Å²) < 4.78 is 0. The van der Waals surface area contributed by atoms with E-state index in [1.54, 1.807) is 0 Å². The van der Waals surface area contributed by atoms with Crippen molar-refractivity contribution >= 4 is 0 Å². The van der Waals surface area contributed by atoms with Gasteiger partial charge in [0.2, 0.25) is 0 Å². The van der Waals surface area contributed by atoms with Gasteiger partial charge in [-0.2, -0.15) is 0 Å². The summed E-state index contributed by atoms with van der Waals surface area (Å²) in [7, 11) is 0. The third-order valence-corrected chi connectivity index (χ3v) is 3.89. The molecular weight excluding hydrogens is 206 g/mol. The van der Waals surface area contributed by atoms with Crippen LogP contribution in [0.2, 0.25) is 0 Å². The number of pyridine rings is 1. The number of nitrogens with zero attached hydrogens (tertiary/aromatic N) is 1. The molecule has 1 nitrogen and oxygen atoms in total. The van der Waals surface area contributed by atoms with E-state index >= 15 is 0 Å². The second-order valence-corrected chi connectivity index (χ2v) is 5.17. The molecule has 0 saturated heterocycles. The molecule has 1 heterocycles. The second kappa shape index (κ2) is 3.43. The lowest BCUT2D eigenvalue weighted by molar-refractivity contribution is 1.09. The predicted octanol–water partition coefficient (Wildman–Crippen LogP) is 3.89. The zero-order chi connectivity index (χ0) is 12.2. The average molecular weight is 223 g/mol. The van der Waals surface area contributed by atoms with Gasteiger partial charge in [0.05, 0.1) is 5.69 Å². The molecule has 0 amide bonds. The number of aryl methyl sites for hydroxylation is 3. The van der Waals surface area contributed by atoms with E-state index in [4.69, 9.17) is 0 Å². The van der Waals surface area contributed by atoms with Crippen LogP contribution in [-0.4, -0.2) is 4.98 Å². The van der Waals surface area contributed by atoms with Crippen LogP contribution in [0.3, 0.4) is 0 Å². The van der Waals surface area contributed by atoms with Gasteiger partial charge in [-0.1, -0.05) is 6.07 Å². The first kappa shape index (κ1) is 10.5. The van der Waals surface area contributed by atoms with E-state index < -0.39 is 0 Å². The van der Waals surface area contributed by atoms with Gasteiger partial charge in [0.1, 0.15) is 0 Å². The largest absolute Gasteiger partial charge is 0.260 e. The molecule has 1 aliphatic rings. The Labute approximate surface area is 103 Å². The van der Waals surface area contributed by atoms with Gasteiger partial charge in [0, 0.05) is 18.2 Å². The van der Waals surface area contributed by atoms with Crippen molar-refractivity contribution in [1.29, 1.82) is 0 Å². The maximum atomic E-state index is 4.59. The molecule has 0 spiro atoms. The van der Waals surface area contributed by atoms with Crippen LogP contribution < -0.4 is 0 Å². The fraction of sp³-hybridized carbons (Fsp3) is 0.312. The van der Waals surface area contributed by atoms with E-state index in [1.807, 2.05) is 6.20 Å². The minimum Gasteiger partial charge on any atom is -0.260 e. The van der Waals surface area contributed by atoms with Crippen molar-refractivity contribution in [3.05, 3.63) is 51.8 Å². The van der Waals surface area contributed by atoms with E-state index in [0.717, 1.165) is 6.42 Å². The lowest BCUT2D eigenvalue weighted by atomic mass is 9.93. The Morgan fingerprint density at radius 1 is 1.00 bits per heavy atom. The molecule has 0 aliphatic heterocycles. The van der Waals surface area contributed by atoms with Gasteiger partial charge in [-0.05, 0) is 67.1 Å². The average Bonchev–Trinajstić information content (AvgIpc) is 2.65. The van der Waals surface area contributed by atoms with E-state index in [2.05, 4.69) is 44.8 Å². The molecule has 0 unspecified atom stereocenters. The molecule has 0 atom stereocenters. The first-order valence-corrected chi connectivity index (χ1v) is 6.13. The van der Waals surface area contributed by atoms with Crippen LogP contribution in [0.25, 0.3) is 11.1 Å². The molecule has 0 bridgehead atoms. The molecule has 1 aromatic heterocycles. The Morgan fingerprint density at radius 3 is 2.53 bits per heavy atom. The fourth-order valence-electron chi connectivity index (χ4n) is 2.89. The summed E-state index contributed by atoms with van der Waals surface area (Å²) in [6, 6.07) is 4.57. The van der Waals surface area contributed by atoms with Crippen molar-refractivity contribution in [1.82, 2.24) is 4.98 Å². The summed E-state index contributed by atoms with van der Waals surface area (Å²) in [4.78, 5) is 4.59. The van der Waals surface area contributed by atoms with Crippen LogP contribution in [0, 0.1) is 27.7 Å². The van der Waals surface area contributed by atoms with Crippen LogP contribution in [0.4, 0.5) is 0 Å². The van der Waals surface area contributed by atoms with Crippen molar-refractivity contribution < 1.29 is 0 Å². The number of fused-ring (bicyclic) bond motifs is 3. The van der Waals surface area contributed by atoms with Gasteiger partial charge in [-0.15, -0.1) is 0 Å². The number of aromatic nitrogens is 1. The Morgan fingerprint density at radius 2 is 1.76 bits per heavy atom. The molecule has 0 N–H and O–H groups in total. The minimum atomic E-state index is 0.999. The molecule has 3 rings (SSSR count). The third-order valence-electron chi connectivity index (χ3n) is 3.89. The highest BCUT2D eigenvalue weighted by Crippen LogP contribution is 2.40. The molecule has 86 valence electrons. The van der Waals surface area contributed by atoms with Gasteiger partial charge >= 0.3 is 0 Å². The van der Waals surface area contributed by atoms with Gasteiger partial charge in [-0.25, -0.2) is 0 Å². The van der Waals surface area contributed by atoms with Crippen LogP contribution in [0.1, 0.15) is 33.5 Å². The second-order valence-electron chi connectivity index (χ2n) is 5.17. The number of hydrogen-bond acceptors (Lipinski definition) is 1. The normalized spacial score (nSPS) is 12.5. The summed E-state index contributed by atoms with van der Waals surface area (Å²) in [5.41, 5.74) is 11.0. The standard InChI is InChI=1S/C16H17N/c1-9-5-14-15(17-8-9)7-13-12(4)10(2)6-11(3)16(13)14/h5-6,8H,7H2,1-4H3. The van der Waals surface area contributed by atoms with Crippen molar-refractivity contribution in [2.45, 2.75) is 34.1 Å². The lowest BCUT2D eigenvalue weighted by Gasteiger charge is -2.11. The van der Waals surface area contributed by atoms with E-state index in [-0.39, 0.29) is 0 Å². The van der Waals surface area contributed by atoms with Gasteiger partial charge in [0.25, 0.3) is 0 Å². The summed E-state index contributed by atoms with van der Waals surface area (Å²) in [5, 5.41) is 0. The Balaban J connectivity index is 2.36. The topological polar surface area (TPSA) is 12.9 Å². The molecule has 17 heavy (non-hydrogen) atoms. The summed E-state index contributed by atoms with van der Waals surface area (Å²) in [6.07, 6.45) is 2.97. The lowest BCUT2D eigenvalue weighted by Crippen LogP contribution is -1.93. The van der Waals surface area contributed by atoms with E-state index in [9.17, 15) is 0 Å². The van der Waals surface area contributed by atoms with Crippen LogP contribution in [0.15, 0.2) is 18.3 Å². The van der Waals surface area contributed by atoms with Crippen LogP contribution in [0.5, 0.6) is 0 Å². The monoisotopic (exact) mass is 223 g/mol. The van der Waals surface area contributed by atoms with Gasteiger partial charge in [-0.3, -0.25) is 4.98 Å². The molecule has 0 fully saturated rings. The van der Waals surface area contributed by atoms with Crippen molar-refractivity contribution in [2.24, 2.45) is 0 Å². The minimum absolute atomic E-state index is 0.999. The molecule has 0 saturated carbocycles. The highest BCUT2D eigenvalue weighted by molar-refractivity contribution is 5.80. The van der Waals surface area contributed by atoms with E-state index in [0.29, 0.717) is 0 Å². The zero-order valence-electron chi connectivity index (χ0n) is 10.9. The highest BCUT2D eigenvalue weighted by Gasteiger charge is 2.23. The summed E-state index contributed by atoms with van der Waals surface area (Å²) in [6.45, 7) is 8.75. The van der Waals surface area contributed by atoms with E-state index in [1.165, 1.54) is 44.6 Å². The highest BCUT2D eigenvalue weighted by atomic mass is 14.7. The first-order valence-electron chi connectivity index (χ1n) is 6.13. The number of rotatable bonds is 0. The number of benzene rings is 1. The Kier molecular flexibility index (Phi) is 2.12. The Hall–Kier alpha value is -1.63. The Bertz CT molecular complexity index is 624. The smallest absolute Gasteiger partial charge is 0.0526 e.